The lowest BCUT2D eigenvalue weighted by Crippen LogP contribution is -2.57. The van der Waals surface area contributed by atoms with Gasteiger partial charge in [-0.2, -0.15) is 13.2 Å². The molecule has 0 spiro atoms. The summed E-state index contributed by atoms with van der Waals surface area (Å²) in [6.45, 7) is -1.99. The van der Waals surface area contributed by atoms with Crippen molar-refractivity contribution in [1.82, 2.24) is 5.32 Å². The van der Waals surface area contributed by atoms with Crippen LogP contribution in [-0.4, -0.2) is 36.5 Å². The number of methoxy groups -OCH3 is 1. The monoisotopic (exact) mass is 385 g/mol. The van der Waals surface area contributed by atoms with Crippen molar-refractivity contribution in [1.29, 1.82) is 0 Å². The molecule has 10 heteroatoms. The van der Waals surface area contributed by atoms with Crippen LogP contribution in [-0.2, 0) is 16.1 Å². The second-order valence-electron chi connectivity index (χ2n) is 5.68. The predicted molar refractivity (Wildman–Crippen MR) is 80.1 cm³/mol. The summed E-state index contributed by atoms with van der Waals surface area (Å²) in [4.78, 5) is 11.9. The molecular formula is C15H16ClF4NO4. The minimum absolute atomic E-state index is 0.317. The van der Waals surface area contributed by atoms with Gasteiger partial charge in [0.25, 0.3) is 0 Å². The first-order valence-electron chi connectivity index (χ1n) is 7.32. The second-order valence-corrected chi connectivity index (χ2v) is 6.06. The first-order valence-corrected chi connectivity index (χ1v) is 7.70. The predicted octanol–water partition coefficient (Wildman–Crippen LogP) is 3.31. The van der Waals surface area contributed by atoms with E-state index in [9.17, 15) is 27.5 Å². The van der Waals surface area contributed by atoms with Gasteiger partial charge in [-0.15, -0.1) is 0 Å². The molecule has 1 aromatic rings. The Balaban J connectivity index is 2.26. The quantitative estimate of drug-likeness (QED) is 0.581. The third-order valence-corrected chi connectivity index (χ3v) is 4.39. The minimum Gasteiger partial charge on any atom is -0.506 e. The normalized spacial score (nSPS) is 16.2. The van der Waals surface area contributed by atoms with Crippen LogP contribution in [0.3, 0.4) is 0 Å². The number of rotatable bonds is 6. The zero-order valence-corrected chi connectivity index (χ0v) is 13.9. The largest absolute Gasteiger partial charge is 0.506 e. The number of benzene rings is 1. The molecule has 0 aliphatic heterocycles. The summed E-state index contributed by atoms with van der Waals surface area (Å²) < 4.78 is 60.7. The maximum Gasteiger partial charge on any atom is 0.422 e. The molecule has 0 radical (unpaired) electrons. The molecule has 25 heavy (non-hydrogen) atoms. The highest BCUT2D eigenvalue weighted by atomic mass is 35.5. The van der Waals surface area contributed by atoms with E-state index in [1.54, 1.807) is 0 Å². The SMILES string of the molecule is COC(=O)C1(NCc2c(OCC(F)(F)F)cc(O)c(Cl)c2F)CCC1. The van der Waals surface area contributed by atoms with Gasteiger partial charge in [0, 0.05) is 18.2 Å². The summed E-state index contributed by atoms with van der Waals surface area (Å²) in [5.74, 6) is -2.91. The Morgan fingerprint density at radius 3 is 2.56 bits per heavy atom. The van der Waals surface area contributed by atoms with Crippen molar-refractivity contribution in [3.05, 3.63) is 22.5 Å². The molecule has 0 atom stereocenters. The van der Waals surface area contributed by atoms with Gasteiger partial charge in [-0.3, -0.25) is 10.1 Å². The molecule has 1 aliphatic rings. The molecule has 0 saturated heterocycles. The zero-order chi connectivity index (χ0) is 18.8. The Hall–Kier alpha value is -1.74. The number of halogens is 5. The van der Waals surface area contributed by atoms with Gasteiger partial charge in [0.15, 0.2) is 12.4 Å². The van der Waals surface area contributed by atoms with E-state index in [4.69, 9.17) is 16.3 Å². The molecule has 0 bridgehead atoms. The lowest BCUT2D eigenvalue weighted by atomic mass is 9.76. The minimum atomic E-state index is -4.64. The van der Waals surface area contributed by atoms with Gasteiger partial charge in [-0.1, -0.05) is 11.6 Å². The third-order valence-electron chi connectivity index (χ3n) is 4.03. The third kappa shape index (κ3) is 4.27. The van der Waals surface area contributed by atoms with Crippen LogP contribution in [0.25, 0.3) is 0 Å². The number of phenolic OH excluding ortho intramolecular Hbond substituents is 1. The van der Waals surface area contributed by atoms with Crippen molar-refractivity contribution in [2.24, 2.45) is 0 Å². The maximum atomic E-state index is 14.3. The van der Waals surface area contributed by atoms with Crippen molar-refractivity contribution in [3.8, 4) is 11.5 Å². The topological polar surface area (TPSA) is 67.8 Å². The number of phenols is 1. The molecule has 0 heterocycles. The first-order chi connectivity index (χ1) is 11.6. The average Bonchev–Trinajstić information content (AvgIpc) is 2.50. The van der Waals surface area contributed by atoms with Crippen molar-refractivity contribution >= 4 is 17.6 Å². The summed E-state index contributed by atoms with van der Waals surface area (Å²) >= 11 is 5.61. The maximum absolute atomic E-state index is 14.3. The number of ether oxygens (including phenoxy) is 2. The molecule has 140 valence electrons. The highest BCUT2D eigenvalue weighted by Gasteiger charge is 2.45. The van der Waals surface area contributed by atoms with Gasteiger partial charge >= 0.3 is 12.1 Å². The van der Waals surface area contributed by atoms with Crippen LogP contribution in [0.2, 0.25) is 5.02 Å². The van der Waals surface area contributed by atoms with Crippen LogP contribution in [0.4, 0.5) is 17.6 Å². The Labute approximate surface area is 145 Å². The lowest BCUT2D eigenvalue weighted by Gasteiger charge is -2.39. The van der Waals surface area contributed by atoms with Crippen LogP contribution >= 0.6 is 11.6 Å². The Bertz CT molecular complexity index is 662. The van der Waals surface area contributed by atoms with Gasteiger partial charge in [-0.25, -0.2) is 4.39 Å². The number of alkyl halides is 3. The van der Waals surface area contributed by atoms with Gasteiger partial charge in [0.1, 0.15) is 22.1 Å². The summed E-state index contributed by atoms with van der Waals surface area (Å²) in [6.07, 6.45) is -2.99. The smallest absolute Gasteiger partial charge is 0.422 e. The van der Waals surface area contributed by atoms with Gasteiger partial charge in [0.05, 0.1) is 7.11 Å². The Kier molecular flexibility index (Phi) is 5.68. The standard InChI is InChI=1S/C15H16ClF4NO4/c1-24-13(23)14(3-2-4-14)21-6-8-10(25-7-15(18,19)20)5-9(22)11(16)12(8)17/h5,21-22H,2-4,6-7H2,1H3. The highest BCUT2D eigenvalue weighted by molar-refractivity contribution is 6.32. The van der Waals surface area contributed by atoms with E-state index in [2.05, 4.69) is 10.1 Å². The molecule has 5 nitrogen and oxygen atoms in total. The highest BCUT2D eigenvalue weighted by Crippen LogP contribution is 2.38. The van der Waals surface area contributed by atoms with Gasteiger partial charge in [0.2, 0.25) is 0 Å². The molecule has 0 amide bonds. The number of aromatic hydroxyl groups is 1. The fraction of sp³-hybridized carbons (Fsp3) is 0.533. The average molecular weight is 386 g/mol. The molecule has 1 aliphatic carbocycles. The fourth-order valence-electron chi connectivity index (χ4n) is 2.52. The van der Waals surface area contributed by atoms with Gasteiger partial charge in [-0.05, 0) is 19.3 Å². The number of nitrogens with one attached hydrogen (secondary N) is 1. The number of carbonyl (C=O) groups excluding carboxylic acids is 1. The van der Waals surface area contributed by atoms with Crippen molar-refractivity contribution in [2.45, 2.75) is 37.5 Å². The van der Waals surface area contributed by atoms with Crippen molar-refractivity contribution < 1.29 is 36.9 Å². The van der Waals surface area contributed by atoms with E-state index in [0.717, 1.165) is 12.5 Å². The number of carbonyl (C=O) groups is 1. The van der Waals surface area contributed by atoms with E-state index < -0.39 is 46.6 Å². The van der Waals surface area contributed by atoms with Crippen LogP contribution in [0.1, 0.15) is 24.8 Å². The van der Waals surface area contributed by atoms with E-state index >= 15 is 0 Å². The molecule has 1 saturated carbocycles. The second kappa shape index (κ2) is 7.25. The van der Waals surface area contributed by atoms with E-state index in [1.165, 1.54) is 7.11 Å². The summed E-state index contributed by atoms with van der Waals surface area (Å²) in [5, 5.41) is 11.7. The van der Waals surface area contributed by atoms with Crippen LogP contribution in [0.5, 0.6) is 11.5 Å². The van der Waals surface area contributed by atoms with Crippen LogP contribution < -0.4 is 10.1 Å². The molecule has 1 fully saturated rings. The summed E-state index contributed by atoms with van der Waals surface area (Å²) in [6, 6.07) is 0.805. The van der Waals surface area contributed by atoms with Crippen molar-refractivity contribution in [3.63, 3.8) is 0 Å². The van der Waals surface area contributed by atoms with Crippen molar-refractivity contribution in [2.75, 3.05) is 13.7 Å². The molecule has 1 aromatic carbocycles. The van der Waals surface area contributed by atoms with Crippen LogP contribution in [0, 0.1) is 5.82 Å². The molecule has 2 N–H and O–H groups in total. The van der Waals surface area contributed by atoms with E-state index in [-0.39, 0.29) is 12.1 Å². The molecule has 2 rings (SSSR count). The lowest BCUT2D eigenvalue weighted by molar-refractivity contribution is -0.153. The molecule has 0 unspecified atom stereocenters. The zero-order valence-electron chi connectivity index (χ0n) is 13.2. The summed E-state index contributed by atoms with van der Waals surface area (Å²) in [7, 11) is 1.21. The molecule has 0 aromatic heterocycles. The summed E-state index contributed by atoms with van der Waals surface area (Å²) in [5.41, 5.74) is -1.34. The Morgan fingerprint density at radius 1 is 1.44 bits per heavy atom. The number of hydrogen-bond donors (Lipinski definition) is 2. The number of esters is 1. The van der Waals surface area contributed by atoms with E-state index in [1.807, 2.05) is 0 Å². The van der Waals surface area contributed by atoms with E-state index in [0.29, 0.717) is 12.8 Å². The Morgan fingerprint density at radius 2 is 2.08 bits per heavy atom. The number of hydrogen-bond acceptors (Lipinski definition) is 5. The fourth-order valence-corrected chi connectivity index (χ4v) is 2.69. The first kappa shape index (κ1) is 19.6. The van der Waals surface area contributed by atoms with Gasteiger partial charge < -0.3 is 14.6 Å². The molecular weight excluding hydrogens is 370 g/mol. The van der Waals surface area contributed by atoms with Crippen LogP contribution in [0.15, 0.2) is 6.07 Å².